The maximum absolute atomic E-state index is 13.9. The summed E-state index contributed by atoms with van der Waals surface area (Å²) in [4.78, 5) is 38.0. The van der Waals surface area contributed by atoms with E-state index >= 15 is 0 Å². The lowest BCUT2D eigenvalue weighted by Gasteiger charge is -2.40. The van der Waals surface area contributed by atoms with Gasteiger partial charge in [0, 0.05) is 68.4 Å². The summed E-state index contributed by atoms with van der Waals surface area (Å²) in [6.07, 6.45) is 4.21. The minimum absolute atomic E-state index is 0.141. The predicted octanol–water partition coefficient (Wildman–Crippen LogP) is 3.99. The number of hydrogen-bond acceptors (Lipinski definition) is 7. The van der Waals surface area contributed by atoms with Gasteiger partial charge in [-0.2, -0.15) is 0 Å². The summed E-state index contributed by atoms with van der Waals surface area (Å²) < 4.78 is 11.0. The van der Waals surface area contributed by atoms with Crippen LogP contribution in [0.25, 0.3) is 0 Å². The van der Waals surface area contributed by atoms with Crippen molar-refractivity contribution in [2.75, 3.05) is 65.4 Å². The molecule has 1 N–H and O–H groups in total. The van der Waals surface area contributed by atoms with Crippen LogP contribution in [0.5, 0.6) is 11.5 Å². The Bertz CT molecular complexity index is 1380. The van der Waals surface area contributed by atoms with Gasteiger partial charge in [0.1, 0.15) is 0 Å². The van der Waals surface area contributed by atoms with Crippen LogP contribution in [-0.2, 0) is 4.79 Å². The smallest absolute Gasteiger partial charge is 0.254 e. The third kappa shape index (κ3) is 6.11. The fourth-order valence-electron chi connectivity index (χ4n) is 5.83. The molecular weight excluding hydrogens is 542 g/mol. The summed E-state index contributed by atoms with van der Waals surface area (Å²) in [7, 11) is 4.80. The van der Waals surface area contributed by atoms with Crippen LogP contribution in [-0.4, -0.2) is 87.1 Å². The van der Waals surface area contributed by atoms with Crippen molar-refractivity contribution in [1.29, 1.82) is 0 Å². The topological polar surface area (TPSA) is 87.2 Å². The number of carbonyl (C=O) groups is 2. The number of nitrogens with zero attached hydrogens (tertiary/aromatic N) is 4. The second-order valence-corrected chi connectivity index (χ2v) is 10.8. The number of rotatable bonds is 9. The molecule has 1 fully saturated rings. The number of anilines is 1. The molecule has 9 nitrogen and oxygen atoms in total. The van der Waals surface area contributed by atoms with Crippen molar-refractivity contribution in [2.24, 2.45) is 0 Å². The van der Waals surface area contributed by atoms with Gasteiger partial charge in [-0.3, -0.25) is 19.5 Å². The Morgan fingerprint density at radius 1 is 1.05 bits per heavy atom. The van der Waals surface area contributed by atoms with Crippen molar-refractivity contribution in [2.45, 2.75) is 18.4 Å². The zero-order chi connectivity index (χ0) is 28.9. The average molecular weight is 578 g/mol. The first-order valence-corrected chi connectivity index (χ1v) is 14.2. The Hall–Kier alpha value is -3.82. The van der Waals surface area contributed by atoms with Gasteiger partial charge in [0.05, 0.1) is 26.2 Å². The Morgan fingerprint density at radius 3 is 2.49 bits per heavy atom. The lowest BCUT2D eigenvalue weighted by atomic mass is 9.79. The van der Waals surface area contributed by atoms with Crippen LogP contribution in [0.1, 0.15) is 39.9 Å². The monoisotopic (exact) mass is 577 g/mol. The second-order valence-electron chi connectivity index (χ2n) is 10.4. The maximum atomic E-state index is 13.9. The van der Waals surface area contributed by atoms with E-state index in [0.29, 0.717) is 29.2 Å². The molecule has 1 aromatic heterocycles. The van der Waals surface area contributed by atoms with Gasteiger partial charge in [-0.25, -0.2) is 0 Å². The fraction of sp³-hybridized carbons (Fsp3) is 0.387. The molecule has 2 aromatic carbocycles. The van der Waals surface area contributed by atoms with Crippen molar-refractivity contribution >= 4 is 29.1 Å². The van der Waals surface area contributed by atoms with Gasteiger partial charge >= 0.3 is 0 Å². The third-order valence-electron chi connectivity index (χ3n) is 7.98. The zero-order valence-electron chi connectivity index (χ0n) is 23.7. The highest BCUT2D eigenvalue weighted by Crippen LogP contribution is 2.45. The first-order valence-electron chi connectivity index (χ1n) is 13.8. The fourth-order valence-corrected chi connectivity index (χ4v) is 6.01. The van der Waals surface area contributed by atoms with E-state index in [-0.39, 0.29) is 11.8 Å². The molecule has 2 atom stereocenters. The Labute approximate surface area is 246 Å². The van der Waals surface area contributed by atoms with Crippen LogP contribution < -0.4 is 19.7 Å². The molecule has 2 aliphatic rings. The maximum Gasteiger partial charge on any atom is 0.254 e. The molecule has 2 amide bonds. The Balaban J connectivity index is 1.26. The van der Waals surface area contributed by atoms with Crippen molar-refractivity contribution in [3.63, 3.8) is 0 Å². The molecule has 10 heteroatoms. The van der Waals surface area contributed by atoms with Crippen molar-refractivity contribution in [1.82, 2.24) is 20.1 Å². The summed E-state index contributed by atoms with van der Waals surface area (Å²) in [5, 5.41) is 3.90. The molecule has 0 spiro atoms. The molecule has 2 aliphatic heterocycles. The first kappa shape index (κ1) is 28.7. The van der Waals surface area contributed by atoms with Crippen molar-refractivity contribution in [3.8, 4) is 11.5 Å². The van der Waals surface area contributed by atoms with E-state index in [4.69, 9.17) is 21.1 Å². The quantitative estimate of drug-likeness (QED) is 0.385. The summed E-state index contributed by atoms with van der Waals surface area (Å²) in [5.41, 5.74) is 3.00. The van der Waals surface area contributed by atoms with Crippen LogP contribution in [0.4, 0.5) is 5.69 Å². The molecule has 5 rings (SSSR count). The van der Waals surface area contributed by atoms with Gasteiger partial charge in [0.15, 0.2) is 11.5 Å². The largest absolute Gasteiger partial charge is 0.493 e. The van der Waals surface area contributed by atoms with Gasteiger partial charge in [-0.05, 0) is 60.5 Å². The van der Waals surface area contributed by atoms with E-state index in [1.165, 1.54) is 7.11 Å². The number of halogens is 1. The van der Waals surface area contributed by atoms with E-state index < -0.39 is 12.0 Å². The highest BCUT2D eigenvalue weighted by Gasteiger charge is 2.43. The van der Waals surface area contributed by atoms with E-state index in [1.54, 1.807) is 43.6 Å². The normalized spacial score (nSPS) is 19.1. The average Bonchev–Trinajstić information content (AvgIpc) is 3.00. The van der Waals surface area contributed by atoms with Crippen LogP contribution in [0.3, 0.4) is 0 Å². The third-order valence-corrected chi connectivity index (χ3v) is 8.21. The molecule has 216 valence electrons. The SMILES string of the molecule is COc1cc2c(cc1OC)[C@@H](C(=O)NCCCN1CCN(c3cccc(Cl)c3)CC1)[C@H](c1cccnc1)N(C)C2=O. The number of methoxy groups -OCH3 is 2. The molecule has 3 aromatic rings. The van der Waals surface area contributed by atoms with Crippen LogP contribution in [0.2, 0.25) is 5.02 Å². The molecule has 0 unspecified atom stereocenters. The summed E-state index contributed by atoms with van der Waals surface area (Å²) in [5.74, 6) is -0.0446. The highest BCUT2D eigenvalue weighted by molar-refractivity contribution is 6.30. The number of hydrogen-bond donors (Lipinski definition) is 1. The van der Waals surface area contributed by atoms with Crippen molar-refractivity contribution < 1.29 is 19.1 Å². The number of nitrogens with one attached hydrogen (secondary N) is 1. The molecule has 1 saturated heterocycles. The van der Waals surface area contributed by atoms with E-state index in [9.17, 15) is 9.59 Å². The molecule has 3 heterocycles. The number of amides is 2. The zero-order valence-corrected chi connectivity index (χ0v) is 24.4. The number of carbonyl (C=O) groups excluding carboxylic acids is 2. The van der Waals surface area contributed by atoms with E-state index in [1.807, 2.05) is 30.3 Å². The molecule has 0 bridgehead atoms. The lowest BCUT2D eigenvalue weighted by molar-refractivity contribution is -0.124. The number of piperazine rings is 1. The van der Waals surface area contributed by atoms with Crippen LogP contribution >= 0.6 is 11.6 Å². The van der Waals surface area contributed by atoms with Crippen LogP contribution in [0, 0.1) is 0 Å². The Morgan fingerprint density at radius 2 is 1.80 bits per heavy atom. The second kappa shape index (κ2) is 12.8. The number of pyridine rings is 1. The van der Waals surface area contributed by atoms with Gasteiger partial charge in [-0.15, -0.1) is 0 Å². The van der Waals surface area contributed by atoms with Crippen LogP contribution in [0.15, 0.2) is 60.9 Å². The number of ether oxygens (including phenoxy) is 2. The number of aromatic nitrogens is 1. The van der Waals surface area contributed by atoms with Gasteiger partial charge < -0.3 is 24.6 Å². The van der Waals surface area contributed by atoms with E-state index in [2.05, 4.69) is 26.2 Å². The molecule has 0 saturated carbocycles. The van der Waals surface area contributed by atoms with Gasteiger partial charge in [-0.1, -0.05) is 23.7 Å². The van der Waals surface area contributed by atoms with E-state index in [0.717, 1.165) is 55.4 Å². The summed E-state index contributed by atoms with van der Waals surface area (Å²) >= 11 is 6.17. The molecular formula is C31H36ClN5O4. The minimum atomic E-state index is -0.641. The summed E-state index contributed by atoms with van der Waals surface area (Å²) in [6.45, 7) is 5.19. The van der Waals surface area contributed by atoms with Gasteiger partial charge in [0.25, 0.3) is 5.91 Å². The standard InChI is InChI=1S/C31H36ClN5O4/c1-35-29(21-7-5-10-33-20-21)28(24-18-26(40-2)27(41-3)19-25(24)31(35)39)30(38)34-11-6-12-36-13-15-37(16-14-36)23-9-4-8-22(32)17-23/h4-5,7-10,17-20,28-29H,6,11-16H2,1-3H3,(H,34,38)/t28-,29+/m1/s1. The first-order chi connectivity index (χ1) is 19.9. The van der Waals surface area contributed by atoms with Crippen molar-refractivity contribution in [3.05, 3.63) is 82.6 Å². The number of likely N-dealkylation sites (N-methyl/N-ethyl adjacent to an activating group) is 1. The highest BCUT2D eigenvalue weighted by atomic mass is 35.5. The summed E-state index contributed by atoms with van der Waals surface area (Å²) in [6, 6.07) is 14.6. The minimum Gasteiger partial charge on any atom is -0.493 e. The van der Waals surface area contributed by atoms with Gasteiger partial charge in [0.2, 0.25) is 5.91 Å². The predicted molar refractivity (Wildman–Crippen MR) is 159 cm³/mol. The lowest BCUT2D eigenvalue weighted by Crippen LogP contribution is -2.47. The Kier molecular flexibility index (Phi) is 8.95. The number of fused-ring (bicyclic) bond motifs is 1. The molecule has 0 aliphatic carbocycles. The molecule has 0 radical (unpaired) electrons. The number of benzene rings is 2. The molecule has 41 heavy (non-hydrogen) atoms.